The number of rotatable bonds is 3. The Kier molecular flexibility index (Phi) is 4.87. The van der Waals surface area contributed by atoms with Gasteiger partial charge in [0, 0.05) is 12.6 Å². The molecule has 5 nitrogen and oxygen atoms in total. The fourth-order valence-corrected chi connectivity index (χ4v) is 4.32. The molecule has 0 amide bonds. The van der Waals surface area contributed by atoms with E-state index < -0.39 is 0 Å². The van der Waals surface area contributed by atoms with Gasteiger partial charge < -0.3 is 4.57 Å². The SMILES string of the molecule is Cn1c(Sc2snc(Cl)c2C#N)nnc1-c1ccc(C(C)(C)C)cc1. The Morgan fingerprint density at radius 2 is 1.88 bits per heavy atom. The van der Waals surface area contributed by atoms with Gasteiger partial charge in [-0.25, -0.2) is 0 Å². The van der Waals surface area contributed by atoms with E-state index in [1.165, 1.54) is 28.9 Å². The molecule has 0 saturated heterocycles. The number of hydrogen-bond donors (Lipinski definition) is 0. The summed E-state index contributed by atoms with van der Waals surface area (Å²) in [5.74, 6) is 0.775. The van der Waals surface area contributed by atoms with Crippen LogP contribution in [0.2, 0.25) is 5.15 Å². The highest BCUT2D eigenvalue weighted by molar-refractivity contribution is 8.01. The Bertz CT molecular complexity index is 945. The third-order valence-corrected chi connectivity index (χ3v) is 6.18. The lowest BCUT2D eigenvalue weighted by Gasteiger charge is -2.19. The first kappa shape index (κ1) is 17.9. The molecular weight excluding hydrogens is 374 g/mol. The summed E-state index contributed by atoms with van der Waals surface area (Å²) >= 11 is 8.46. The van der Waals surface area contributed by atoms with E-state index in [-0.39, 0.29) is 10.6 Å². The van der Waals surface area contributed by atoms with Crippen LogP contribution in [0.15, 0.2) is 33.6 Å². The number of halogens is 1. The molecule has 2 aromatic heterocycles. The summed E-state index contributed by atoms with van der Waals surface area (Å²) < 4.78 is 6.65. The number of aromatic nitrogens is 4. The van der Waals surface area contributed by atoms with Gasteiger partial charge in [-0.2, -0.15) is 9.64 Å². The summed E-state index contributed by atoms with van der Waals surface area (Å²) in [4.78, 5) is 0. The van der Waals surface area contributed by atoms with Crippen LogP contribution in [0.25, 0.3) is 11.4 Å². The maximum absolute atomic E-state index is 9.19. The molecule has 0 saturated carbocycles. The number of hydrogen-bond acceptors (Lipinski definition) is 6. The Hall–Kier alpha value is -1.88. The number of nitriles is 1. The van der Waals surface area contributed by atoms with Gasteiger partial charge in [0.25, 0.3) is 0 Å². The molecule has 1 aromatic carbocycles. The third-order valence-electron chi connectivity index (χ3n) is 3.76. The molecule has 25 heavy (non-hydrogen) atoms. The first-order chi connectivity index (χ1) is 11.8. The minimum Gasteiger partial charge on any atom is -0.305 e. The lowest BCUT2D eigenvalue weighted by atomic mass is 9.87. The molecule has 0 spiro atoms. The van der Waals surface area contributed by atoms with E-state index in [1.54, 1.807) is 0 Å². The summed E-state index contributed by atoms with van der Waals surface area (Å²) in [7, 11) is 1.91. The highest BCUT2D eigenvalue weighted by Gasteiger charge is 2.19. The molecule has 0 fully saturated rings. The standard InChI is InChI=1S/C17H16ClN5S2/c1-17(2,3)11-7-5-10(6-8-11)14-20-21-16(23(14)4)24-15-12(9-19)13(18)22-25-15/h5-8H,1-4H3. The maximum atomic E-state index is 9.19. The average molecular weight is 390 g/mol. The van der Waals surface area contributed by atoms with Gasteiger partial charge in [0.15, 0.2) is 16.1 Å². The van der Waals surface area contributed by atoms with Crippen molar-refractivity contribution >= 4 is 34.9 Å². The van der Waals surface area contributed by atoms with E-state index in [9.17, 15) is 5.26 Å². The van der Waals surface area contributed by atoms with Crippen molar-refractivity contribution in [1.29, 1.82) is 5.26 Å². The first-order valence-corrected chi connectivity index (χ1v) is 9.51. The third kappa shape index (κ3) is 3.56. The van der Waals surface area contributed by atoms with E-state index in [4.69, 9.17) is 11.6 Å². The quantitative estimate of drug-likeness (QED) is 0.636. The fourth-order valence-electron chi connectivity index (χ4n) is 2.28. The van der Waals surface area contributed by atoms with Gasteiger partial charge in [-0.15, -0.1) is 10.2 Å². The van der Waals surface area contributed by atoms with Crippen LogP contribution in [0.5, 0.6) is 0 Å². The summed E-state index contributed by atoms with van der Waals surface area (Å²) in [6, 6.07) is 10.4. The van der Waals surface area contributed by atoms with Crippen molar-refractivity contribution in [1.82, 2.24) is 19.1 Å². The summed E-state index contributed by atoms with van der Waals surface area (Å²) in [6.07, 6.45) is 0. The van der Waals surface area contributed by atoms with Crippen molar-refractivity contribution in [3.05, 3.63) is 40.5 Å². The molecule has 3 aromatic rings. The molecule has 0 unspecified atom stereocenters. The van der Waals surface area contributed by atoms with Gasteiger partial charge in [0.05, 0.1) is 0 Å². The molecule has 0 aliphatic carbocycles. The molecule has 3 rings (SSSR count). The van der Waals surface area contributed by atoms with Crippen molar-refractivity contribution in [2.24, 2.45) is 7.05 Å². The lowest BCUT2D eigenvalue weighted by molar-refractivity contribution is 0.590. The van der Waals surface area contributed by atoms with Crippen LogP contribution in [0.1, 0.15) is 31.9 Å². The van der Waals surface area contributed by atoms with Crippen LogP contribution in [-0.4, -0.2) is 19.1 Å². The van der Waals surface area contributed by atoms with E-state index in [1.807, 2.05) is 11.6 Å². The smallest absolute Gasteiger partial charge is 0.196 e. The van der Waals surface area contributed by atoms with Gasteiger partial charge in [-0.1, -0.05) is 56.6 Å². The second kappa shape index (κ2) is 6.79. The molecule has 0 aliphatic rings. The molecule has 0 atom stereocenters. The van der Waals surface area contributed by atoms with Gasteiger partial charge in [-0.3, -0.25) is 0 Å². The monoisotopic (exact) mass is 389 g/mol. The van der Waals surface area contributed by atoms with Crippen LogP contribution in [0.3, 0.4) is 0 Å². The van der Waals surface area contributed by atoms with E-state index in [2.05, 4.69) is 65.7 Å². The van der Waals surface area contributed by atoms with Crippen molar-refractivity contribution in [3.63, 3.8) is 0 Å². The Morgan fingerprint density at radius 1 is 1.20 bits per heavy atom. The van der Waals surface area contributed by atoms with E-state index in [0.717, 1.165) is 15.6 Å². The molecule has 0 radical (unpaired) electrons. The minimum atomic E-state index is 0.110. The zero-order valence-electron chi connectivity index (χ0n) is 14.2. The normalized spacial score (nSPS) is 11.5. The second-order valence-electron chi connectivity index (χ2n) is 6.54. The van der Waals surface area contributed by atoms with Crippen molar-refractivity contribution in [2.75, 3.05) is 0 Å². The molecule has 128 valence electrons. The zero-order valence-corrected chi connectivity index (χ0v) is 16.6. The summed E-state index contributed by atoms with van der Waals surface area (Å²) in [5.41, 5.74) is 2.76. The highest BCUT2D eigenvalue weighted by atomic mass is 35.5. The predicted molar refractivity (Wildman–Crippen MR) is 101 cm³/mol. The summed E-state index contributed by atoms with van der Waals surface area (Å²) in [5, 5.41) is 18.6. The fraction of sp³-hybridized carbons (Fsp3) is 0.294. The Labute approximate surface area is 159 Å². The molecule has 0 bridgehead atoms. The van der Waals surface area contributed by atoms with Gasteiger partial charge in [0.2, 0.25) is 0 Å². The average Bonchev–Trinajstić information content (AvgIpc) is 3.10. The minimum absolute atomic E-state index is 0.110. The predicted octanol–water partition coefficient (Wildman–Crippen LogP) is 4.91. The van der Waals surface area contributed by atoms with Crippen LogP contribution < -0.4 is 0 Å². The van der Waals surface area contributed by atoms with Gasteiger partial charge in [0.1, 0.15) is 15.8 Å². The first-order valence-electron chi connectivity index (χ1n) is 7.54. The molecule has 0 aliphatic heterocycles. The second-order valence-corrected chi connectivity index (χ2v) is 8.91. The highest BCUT2D eigenvalue weighted by Crippen LogP contribution is 2.36. The topological polar surface area (TPSA) is 67.4 Å². The van der Waals surface area contributed by atoms with Crippen LogP contribution in [0, 0.1) is 11.3 Å². The van der Waals surface area contributed by atoms with E-state index >= 15 is 0 Å². The number of benzene rings is 1. The number of nitrogens with zero attached hydrogens (tertiary/aromatic N) is 5. The largest absolute Gasteiger partial charge is 0.305 e. The Balaban J connectivity index is 1.90. The zero-order chi connectivity index (χ0) is 18.2. The molecule has 2 heterocycles. The van der Waals surface area contributed by atoms with Crippen molar-refractivity contribution < 1.29 is 0 Å². The van der Waals surface area contributed by atoms with E-state index in [0.29, 0.717) is 10.7 Å². The molecular formula is C17H16ClN5S2. The van der Waals surface area contributed by atoms with Crippen LogP contribution in [0.4, 0.5) is 0 Å². The van der Waals surface area contributed by atoms with Crippen molar-refractivity contribution in [3.8, 4) is 17.5 Å². The van der Waals surface area contributed by atoms with Crippen LogP contribution in [-0.2, 0) is 12.5 Å². The van der Waals surface area contributed by atoms with Crippen molar-refractivity contribution in [2.45, 2.75) is 35.6 Å². The lowest BCUT2D eigenvalue weighted by Crippen LogP contribution is -2.10. The van der Waals surface area contributed by atoms with Gasteiger partial charge in [-0.05, 0) is 34.3 Å². The maximum Gasteiger partial charge on any atom is 0.196 e. The van der Waals surface area contributed by atoms with Crippen LogP contribution >= 0.6 is 34.9 Å². The molecule has 8 heteroatoms. The Morgan fingerprint density at radius 3 is 2.48 bits per heavy atom. The van der Waals surface area contributed by atoms with Gasteiger partial charge >= 0.3 is 0 Å². The summed E-state index contributed by atoms with van der Waals surface area (Å²) in [6.45, 7) is 6.56. The molecule has 0 N–H and O–H groups in total.